The van der Waals surface area contributed by atoms with Crippen molar-refractivity contribution < 1.29 is 9.90 Å². The first-order valence-corrected chi connectivity index (χ1v) is 5.77. The van der Waals surface area contributed by atoms with Crippen LogP contribution >= 0.6 is 24.8 Å². The predicted molar refractivity (Wildman–Crippen MR) is 90.8 cm³/mol. The van der Waals surface area contributed by atoms with Gasteiger partial charge in [0.15, 0.2) is 0 Å². The molecular weight excluding hydrogens is 313 g/mol. The van der Waals surface area contributed by atoms with Gasteiger partial charge in [-0.1, -0.05) is 12.1 Å². The lowest BCUT2D eigenvalue weighted by atomic mass is 10.1. The number of carbonyl (C=O) groups is 1. The second-order valence-corrected chi connectivity index (χ2v) is 4.24. The summed E-state index contributed by atoms with van der Waals surface area (Å²) < 4.78 is 0. The Morgan fingerprint density at radius 1 is 1.05 bits per heavy atom. The molecule has 0 unspecified atom stereocenters. The van der Waals surface area contributed by atoms with Crippen LogP contribution in [0.15, 0.2) is 42.5 Å². The molecule has 0 aliphatic carbocycles. The van der Waals surface area contributed by atoms with Crippen LogP contribution in [0.3, 0.4) is 0 Å². The third-order valence-electron chi connectivity index (χ3n) is 2.66. The highest BCUT2D eigenvalue weighted by molar-refractivity contribution is 5.85. The average Bonchev–Trinajstić information content (AvgIpc) is 2.34. The molecular formula is C14H17Cl2N3O2. The van der Waals surface area contributed by atoms with Gasteiger partial charge in [0.1, 0.15) is 0 Å². The Morgan fingerprint density at radius 2 is 1.67 bits per heavy atom. The van der Waals surface area contributed by atoms with E-state index in [4.69, 9.17) is 16.6 Å². The molecule has 0 bridgehead atoms. The van der Waals surface area contributed by atoms with E-state index >= 15 is 0 Å². The highest BCUT2D eigenvalue weighted by Crippen LogP contribution is 2.25. The maximum atomic E-state index is 10.6. The van der Waals surface area contributed by atoms with E-state index in [1.807, 2.05) is 12.1 Å². The molecule has 0 heterocycles. The quantitative estimate of drug-likeness (QED) is 0.646. The number of rotatable bonds is 4. The molecule has 0 saturated carbocycles. The number of carboxylic acids is 1. The second kappa shape index (κ2) is 8.24. The van der Waals surface area contributed by atoms with Gasteiger partial charge in [-0.15, -0.1) is 24.8 Å². The Morgan fingerprint density at radius 3 is 2.19 bits per heavy atom. The van der Waals surface area contributed by atoms with Gasteiger partial charge in [-0.2, -0.15) is 0 Å². The molecule has 0 saturated heterocycles. The van der Waals surface area contributed by atoms with Gasteiger partial charge >= 0.3 is 5.97 Å². The number of nitrogen functional groups attached to an aromatic ring is 2. The summed E-state index contributed by atoms with van der Waals surface area (Å²) in [7, 11) is 0. The van der Waals surface area contributed by atoms with Crippen molar-refractivity contribution in [3.63, 3.8) is 0 Å². The number of anilines is 4. The van der Waals surface area contributed by atoms with Crippen molar-refractivity contribution in [1.82, 2.24) is 0 Å². The summed E-state index contributed by atoms with van der Waals surface area (Å²) in [6.45, 7) is 0. The fourth-order valence-corrected chi connectivity index (χ4v) is 1.73. The van der Waals surface area contributed by atoms with Crippen molar-refractivity contribution in [1.29, 1.82) is 0 Å². The summed E-state index contributed by atoms with van der Waals surface area (Å²) in [4.78, 5) is 10.6. The maximum Gasteiger partial charge on any atom is 0.307 e. The molecule has 7 heteroatoms. The van der Waals surface area contributed by atoms with Crippen LogP contribution in [0.25, 0.3) is 0 Å². The van der Waals surface area contributed by atoms with Crippen LogP contribution in [0.5, 0.6) is 0 Å². The molecule has 2 rings (SSSR count). The summed E-state index contributed by atoms with van der Waals surface area (Å²) in [5, 5.41) is 11.8. The summed E-state index contributed by atoms with van der Waals surface area (Å²) in [5.41, 5.74) is 15.0. The Bertz CT molecular complexity index is 604. The fraction of sp³-hybridized carbons (Fsp3) is 0.0714. The number of nitrogens with one attached hydrogen (secondary N) is 1. The van der Waals surface area contributed by atoms with Crippen molar-refractivity contribution in [2.24, 2.45) is 0 Å². The van der Waals surface area contributed by atoms with E-state index in [0.717, 1.165) is 16.9 Å². The van der Waals surface area contributed by atoms with E-state index in [1.165, 1.54) is 0 Å². The minimum absolute atomic E-state index is 0. The number of hydrogen-bond donors (Lipinski definition) is 4. The van der Waals surface area contributed by atoms with Gasteiger partial charge in [-0.3, -0.25) is 4.79 Å². The highest BCUT2D eigenvalue weighted by atomic mass is 35.5. The fourth-order valence-electron chi connectivity index (χ4n) is 1.73. The largest absolute Gasteiger partial charge is 0.481 e. The first kappa shape index (κ1) is 18.9. The van der Waals surface area contributed by atoms with Crippen LogP contribution in [0.2, 0.25) is 0 Å². The van der Waals surface area contributed by atoms with Crippen LogP contribution in [0, 0.1) is 0 Å². The minimum Gasteiger partial charge on any atom is -0.481 e. The van der Waals surface area contributed by atoms with Gasteiger partial charge in [0.25, 0.3) is 0 Å². The van der Waals surface area contributed by atoms with Crippen molar-refractivity contribution in [2.45, 2.75) is 6.42 Å². The number of hydrogen-bond acceptors (Lipinski definition) is 4. The number of benzene rings is 2. The molecule has 114 valence electrons. The Hall–Kier alpha value is -2.11. The monoisotopic (exact) mass is 329 g/mol. The van der Waals surface area contributed by atoms with Gasteiger partial charge < -0.3 is 21.9 Å². The smallest absolute Gasteiger partial charge is 0.307 e. The van der Waals surface area contributed by atoms with Crippen molar-refractivity contribution >= 4 is 53.5 Å². The molecule has 0 spiro atoms. The van der Waals surface area contributed by atoms with Gasteiger partial charge in [0, 0.05) is 11.4 Å². The molecule has 2 aromatic rings. The van der Waals surface area contributed by atoms with Crippen LogP contribution in [0.1, 0.15) is 5.56 Å². The highest BCUT2D eigenvalue weighted by Gasteiger charge is 2.02. The normalized spacial score (nSPS) is 9.14. The Kier molecular flexibility index (Phi) is 7.41. The van der Waals surface area contributed by atoms with Crippen LogP contribution in [-0.2, 0) is 11.2 Å². The lowest BCUT2D eigenvalue weighted by Gasteiger charge is -2.10. The summed E-state index contributed by atoms with van der Waals surface area (Å²) in [6, 6.07) is 12.4. The third-order valence-corrected chi connectivity index (χ3v) is 2.66. The zero-order chi connectivity index (χ0) is 13.8. The Balaban J connectivity index is 0.00000200. The maximum absolute atomic E-state index is 10.6. The summed E-state index contributed by atoms with van der Waals surface area (Å²) >= 11 is 0. The molecule has 6 N–H and O–H groups in total. The van der Waals surface area contributed by atoms with Crippen LogP contribution < -0.4 is 16.8 Å². The van der Waals surface area contributed by atoms with E-state index in [0.29, 0.717) is 11.4 Å². The molecule has 21 heavy (non-hydrogen) atoms. The topological polar surface area (TPSA) is 101 Å². The standard InChI is InChI=1S/C14H15N3O2.2ClH/c15-10-3-6-13(12(16)8-10)17-11-4-1-9(2-5-11)7-14(18)19;;/h1-6,8,17H,7,15-16H2,(H,18,19);2*1H. The lowest BCUT2D eigenvalue weighted by molar-refractivity contribution is -0.136. The van der Waals surface area contributed by atoms with Gasteiger partial charge in [-0.25, -0.2) is 0 Å². The third kappa shape index (κ3) is 5.41. The zero-order valence-corrected chi connectivity index (χ0v) is 12.7. The molecule has 0 atom stereocenters. The van der Waals surface area contributed by atoms with E-state index in [9.17, 15) is 4.79 Å². The minimum atomic E-state index is -0.844. The molecule has 0 aliphatic heterocycles. The number of aliphatic carboxylic acids is 1. The second-order valence-electron chi connectivity index (χ2n) is 4.24. The molecule has 0 aromatic heterocycles. The first-order valence-electron chi connectivity index (χ1n) is 5.77. The van der Waals surface area contributed by atoms with Crippen molar-refractivity contribution in [2.75, 3.05) is 16.8 Å². The predicted octanol–water partition coefficient (Wildman–Crippen LogP) is 3.07. The number of nitrogens with two attached hydrogens (primary N) is 2. The van der Waals surface area contributed by atoms with Crippen molar-refractivity contribution in [3.05, 3.63) is 48.0 Å². The number of carboxylic acid groups (broad SMARTS) is 1. The van der Waals surface area contributed by atoms with Gasteiger partial charge in [0.05, 0.1) is 17.8 Å². The lowest BCUT2D eigenvalue weighted by Crippen LogP contribution is -2.00. The van der Waals surface area contributed by atoms with E-state index in [2.05, 4.69) is 5.32 Å². The van der Waals surface area contributed by atoms with E-state index in [-0.39, 0.29) is 31.2 Å². The SMILES string of the molecule is Cl.Cl.Nc1ccc(Nc2ccc(CC(=O)O)cc2)c(N)c1. The molecule has 0 fully saturated rings. The van der Waals surface area contributed by atoms with Gasteiger partial charge in [0.2, 0.25) is 0 Å². The molecule has 2 aromatic carbocycles. The first-order chi connectivity index (χ1) is 9.04. The summed E-state index contributed by atoms with van der Waals surface area (Å²) in [5.74, 6) is -0.844. The summed E-state index contributed by atoms with van der Waals surface area (Å²) in [6.07, 6.45) is 0.0181. The van der Waals surface area contributed by atoms with E-state index < -0.39 is 5.97 Å². The van der Waals surface area contributed by atoms with Crippen LogP contribution in [-0.4, -0.2) is 11.1 Å². The van der Waals surface area contributed by atoms with Crippen molar-refractivity contribution in [3.8, 4) is 0 Å². The van der Waals surface area contributed by atoms with E-state index in [1.54, 1.807) is 30.3 Å². The van der Waals surface area contributed by atoms with Gasteiger partial charge in [-0.05, 0) is 35.9 Å². The Labute approximate surface area is 135 Å². The molecule has 0 aliphatic rings. The molecule has 0 amide bonds. The average molecular weight is 330 g/mol. The zero-order valence-electron chi connectivity index (χ0n) is 11.1. The number of halogens is 2. The molecule has 5 nitrogen and oxygen atoms in total. The molecule has 0 radical (unpaired) electrons. The van der Waals surface area contributed by atoms with Crippen LogP contribution in [0.4, 0.5) is 22.7 Å².